The van der Waals surface area contributed by atoms with Gasteiger partial charge in [0.1, 0.15) is 5.75 Å². The molecule has 3 nitrogen and oxygen atoms in total. The summed E-state index contributed by atoms with van der Waals surface area (Å²) in [4.78, 5) is 2.49. The first kappa shape index (κ1) is 12.4. The van der Waals surface area contributed by atoms with E-state index in [1.165, 1.54) is 18.5 Å². The Balaban J connectivity index is 1.98. The van der Waals surface area contributed by atoms with Gasteiger partial charge in [-0.15, -0.1) is 0 Å². The highest BCUT2D eigenvalue weighted by Gasteiger charge is 2.21. The maximum Gasteiger partial charge on any atom is 0.123 e. The van der Waals surface area contributed by atoms with Crippen LogP contribution in [0.15, 0.2) is 24.3 Å². The number of hydrogen-bond donors (Lipinski definition) is 1. The Labute approximate surface area is 104 Å². The molecule has 3 heteroatoms. The Morgan fingerprint density at radius 1 is 1.41 bits per heavy atom. The predicted octanol–water partition coefficient (Wildman–Crippen LogP) is 1.88. The highest BCUT2D eigenvalue weighted by Crippen LogP contribution is 2.21. The molecule has 1 fully saturated rings. The lowest BCUT2D eigenvalue weighted by Gasteiger charge is -2.18. The van der Waals surface area contributed by atoms with E-state index in [1.54, 1.807) is 0 Å². The Morgan fingerprint density at radius 2 is 2.24 bits per heavy atom. The van der Waals surface area contributed by atoms with Crippen molar-refractivity contribution >= 4 is 0 Å². The van der Waals surface area contributed by atoms with Crippen molar-refractivity contribution in [1.29, 1.82) is 0 Å². The highest BCUT2D eigenvalue weighted by atomic mass is 16.5. The van der Waals surface area contributed by atoms with Crippen LogP contribution in [-0.2, 0) is 6.54 Å². The number of benzene rings is 1. The third kappa shape index (κ3) is 3.20. The lowest BCUT2D eigenvalue weighted by atomic mass is 10.2. The summed E-state index contributed by atoms with van der Waals surface area (Å²) in [6.45, 7) is 6.07. The number of likely N-dealkylation sites (N-methyl/N-ethyl adjacent to an activating group) is 1. The van der Waals surface area contributed by atoms with E-state index in [4.69, 9.17) is 4.74 Å². The molecule has 1 aliphatic heterocycles. The topological polar surface area (TPSA) is 24.5 Å². The van der Waals surface area contributed by atoms with Crippen LogP contribution in [-0.4, -0.2) is 37.7 Å². The average molecular weight is 234 g/mol. The molecule has 0 aromatic heterocycles. The zero-order valence-electron chi connectivity index (χ0n) is 10.8. The molecular formula is C14H22N2O. The molecule has 1 atom stereocenters. The largest absolute Gasteiger partial charge is 0.494 e. The zero-order chi connectivity index (χ0) is 12.1. The molecule has 1 heterocycles. The molecule has 94 valence electrons. The van der Waals surface area contributed by atoms with Crippen LogP contribution in [0.3, 0.4) is 0 Å². The van der Waals surface area contributed by atoms with E-state index >= 15 is 0 Å². The monoisotopic (exact) mass is 234 g/mol. The number of ether oxygens (including phenoxy) is 1. The molecule has 0 saturated carbocycles. The summed E-state index contributed by atoms with van der Waals surface area (Å²) in [7, 11) is 2.04. The molecule has 0 bridgehead atoms. The van der Waals surface area contributed by atoms with Crippen molar-refractivity contribution in [1.82, 2.24) is 10.2 Å². The molecule has 1 N–H and O–H groups in total. The standard InChI is InChI=1S/C14H22N2O/c1-3-17-14-7-5-4-6-12(14)10-16-9-8-13(11-16)15-2/h4-7,13,15H,3,8-11H2,1-2H3. The Morgan fingerprint density at radius 3 is 2.94 bits per heavy atom. The van der Waals surface area contributed by atoms with Crippen molar-refractivity contribution in [2.45, 2.75) is 25.9 Å². The molecule has 1 unspecified atom stereocenters. The van der Waals surface area contributed by atoms with E-state index in [0.717, 1.165) is 25.4 Å². The van der Waals surface area contributed by atoms with Gasteiger partial charge in [0, 0.05) is 31.2 Å². The van der Waals surface area contributed by atoms with Crippen molar-refractivity contribution in [3.8, 4) is 5.75 Å². The average Bonchev–Trinajstić information content (AvgIpc) is 2.80. The highest BCUT2D eigenvalue weighted by molar-refractivity contribution is 5.33. The van der Waals surface area contributed by atoms with Crippen LogP contribution >= 0.6 is 0 Å². The molecule has 0 aliphatic carbocycles. The van der Waals surface area contributed by atoms with Gasteiger partial charge >= 0.3 is 0 Å². The smallest absolute Gasteiger partial charge is 0.123 e. The molecule has 17 heavy (non-hydrogen) atoms. The van der Waals surface area contributed by atoms with Crippen LogP contribution in [0.25, 0.3) is 0 Å². The molecule has 1 aromatic carbocycles. The SMILES string of the molecule is CCOc1ccccc1CN1CCC(NC)C1. The third-order valence-corrected chi connectivity index (χ3v) is 3.35. The number of para-hydroxylation sites is 1. The lowest BCUT2D eigenvalue weighted by Crippen LogP contribution is -2.29. The van der Waals surface area contributed by atoms with E-state index in [1.807, 2.05) is 20.0 Å². The predicted molar refractivity (Wildman–Crippen MR) is 70.4 cm³/mol. The van der Waals surface area contributed by atoms with Gasteiger partial charge in [-0.3, -0.25) is 4.90 Å². The number of hydrogen-bond acceptors (Lipinski definition) is 3. The van der Waals surface area contributed by atoms with Gasteiger partial charge in [0.25, 0.3) is 0 Å². The normalized spacial score (nSPS) is 20.7. The molecule has 0 radical (unpaired) electrons. The fraction of sp³-hybridized carbons (Fsp3) is 0.571. The van der Waals surface area contributed by atoms with Gasteiger partial charge in [-0.2, -0.15) is 0 Å². The maximum absolute atomic E-state index is 5.66. The molecular weight excluding hydrogens is 212 g/mol. The maximum atomic E-state index is 5.66. The van der Waals surface area contributed by atoms with Crippen LogP contribution in [0.2, 0.25) is 0 Å². The van der Waals surface area contributed by atoms with Gasteiger partial charge in [-0.05, 0) is 26.5 Å². The van der Waals surface area contributed by atoms with Crippen LogP contribution in [0.4, 0.5) is 0 Å². The first-order valence-electron chi connectivity index (χ1n) is 6.43. The van der Waals surface area contributed by atoms with Crippen LogP contribution in [0.1, 0.15) is 18.9 Å². The van der Waals surface area contributed by atoms with Crippen molar-refractivity contribution in [3.63, 3.8) is 0 Å². The third-order valence-electron chi connectivity index (χ3n) is 3.35. The van der Waals surface area contributed by atoms with E-state index in [0.29, 0.717) is 6.04 Å². The Kier molecular flexibility index (Phi) is 4.40. The molecule has 1 saturated heterocycles. The van der Waals surface area contributed by atoms with Crippen LogP contribution in [0, 0.1) is 0 Å². The van der Waals surface area contributed by atoms with Crippen LogP contribution in [0.5, 0.6) is 5.75 Å². The molecule has 2 rings (SSSR count). The second kappa shape index (κ2) is 6.03. The fourth-order valence-electron chi connectivity index (χ4n) is 2.38. The molecule has 0 amide bonds. The van der Waals surface area contributed by atoms with E-state index in [2.05, 4.69) is 28.4 Å². The van der Waals surface area contributed by atoms with E-state index in [-0.39, 0.29) is 0 Å². The molecule has 1 aromatic rings. The van der Waals surface area contributed by atoms with Gasteiger partial charge in [-0.25, -0.2) is 0 Å². The quantitative estimate of drug-likeness (QED) is 0.842. The second-order valence-electron chi connectivity index (χ2n) is 4.55. The van der Waals surface area contributed by atoms with Gasteiger partial charge in [-0.1, -0.05) is 18.2 Å². The van der Waals surface area contributed by atoms with E-state index in [9.17, 15) is 0 Å². The summed E-state index contributed by atoms with van der Waals surface area (Å²) < 4.78 is 5.66. The second-order valence-corrected chi connectivity index (χ2v) is 4.55. The van der Waals surface area contributed by atoms with Crippen molar-refractivity contribution < 1.29 is 4.74 Å². The summed E-state index contributed by atoms with van der Waals surface area (Å²) in [6.07, 6.45) is 1.24. The van der Waals surface area contributed by atoms with Gasteiger partial charge < -0.3 is 10.1 Å². The van der Waals surface area contributed by atoms with Crippen molar-refractivity contribution in [2.75, 3.05) is 26.7 Å². The Hall–Kier alpha value is -1.06. The summed E-state index contributed by atoms with van der Waals surface area (Å²) in [6, 6.07) is 9.00. The number of nitrogens with zero attached hydrogens (tertiary/aromatic N) is 1. The summed E-state index contributed by atoms with van der Waals surface area (Å²) >= 11 is 0. The van der Waals surface area contributed by atoms with Crippen molar-refractivity contribution in [2.24, 2.45) is 0 Å². The van der Waals surface area contributed by atoms with Gasteiger partial charge in [0.05, 0.1) is 6.61 Å². The number of rotatable bonds is 5. The van der Waals surface area contributed by atoms with Gasteiger partial charge in [0.15, 0.2) is 0 Å². The zero-order valence-corrected chi connectivity index (χ0v) is 10.8. The minimum atomic E-state index is 0.647. The molecule has 0 spiro atoms. The summed E-state index contributed by atoms with van der Waals surface area (Å²) in [5.41, 5.74) is 1.30. The minimum absolute atomic E-state index is 0.647. The first-order valence-corrected chi connectivity index (χ1v) is 6.43. The number of nitrogens with one attached hydrogen (secondary N) is 1. The van der Waals surface area contributed by atoms with Gasteiger partial charge in [0.2, 0.25) is 0 Å². The minimum Gasteiger partial charge on any atom is -0.494 e. The van der Waals surface area contributed by atoms with Crippen LogP contribution < -0.4 is 10.1 Å². The first-order chi connectivity index (χ1) is 8.33. The van der Waals surface area contributed by atoms with Crippen molar-refractivity contribution in [3.05, 3.63) is 29.8 Å². The van der Waals surface area contributed by atoms with E-state index < -0.39 is 0 Å². The summed E-state index contributed by atoms with van der Waals surface area (Å²) in [5.74, 6) is 1.03. The Bertz CT molecular complexity index is 354. The number of likely N-dealkylation sites (tertiary alicyclic amines) is 1. The lowest BCUT2D eigenvalue weighted by molar-refractivity contribution is 0.300. The fourth-order valence-corrected chi connectivity index (χ4v) is 2.38. The summed E-state index contributed by atoms with van der Waals surface area (Å²) in [5, 5.41) is 3.35. The molecule has 1 aliphatic rings.